The molecule has 5 aromatic rings. The normalized spacial score (nSPS) is 14.5. The highest BCUT2D eigenvalue weighted by molar-refractivity contribution is 5.91. The third kappa shape index (κ3) is 4.08. The average Bonchev–Trinajstić information content (AvgIpc) is 3.49. The second kappa shape index (κ2) is 9.71. The summed E-state index contributed by atoms with van der Waals surface area (Å²) in [6.07, 6.45) is 2.92. The van der Waals surface area contributed by atoms with Crippen LogP contribution in [-0.2, 0) is 13.0 Å². The lowest BCUT2D eigenvalue weighted by Gasteiger charge is -2.31. The maximum absolute atomic E-state index is 14.2. The van der Waals surface area contributed by atoms with Crippen molar-refractivity contribution in [3.05, 3.63) is 131 Å². The van der Waals surface area contributed by atoms with E-state index >= 15 is 0 Å². The molecule has 0 radical (unpaired) electrons. The molecule has 1 atom stereocenters. The number of aromatic nitrogens is 3. The van der Waals surface area contributed by atoms with E-state index in [1.807, 2.05) is 59.0 Å². The number of anilines is 1. The number of hydrogen-bond acceptors (Lipinski definition) is 2. The number of carbonyl (C=O) groups excluding carboxylic acids is 1. The van der Waals surface area contributed by atoms with E-state index in [0.29, 0.717) is 6.54 Å². The van der Waals surface area contributed by atoms with Crippen molar-refractivity contribution in [2.75, 3.05) is 5.32 Å². The fourth-order valence-corrected chi connectivity index (χ4v) is 5.48. The first-order chi connectivity index (χ1) is 18.5. The average molecular weight is 502 g/mol. The van der Waals surface area contributed by atoms with Crippen LogP contribution < -0.4 is 5.32 Å². The molecule has 0 saturated heterocycles. The Morgan fingerprint density at radius 3 is 2.53 bits per heavy atom. The lowest BCUT2D eigenvalue weighted by atomic mass is 10.00. The molecule has 190 valence electrons. The predicted molar refractivity (Wildman–Crippen MR) is 151 cm³/mol. The van der Waals surface area contributed by atoms with Gasteiger partial charge in [0.05, 0.1) is 29.7 Å². The van der Waals surface area contributed by atoms with Crippen LogP contribution in [0, 0.1) is 13.8 Å². The van der Waals surface area contributed by atoms with E-state index in [4.69, 9.17) is 5.10 Å². The maximum atomic E-state index is 14.2. The van der Waals surface area contributed by atoms with Gasteiger partial charge in [-0.15, -0.1) is 0 Å². The standard InChI is InChI=1S/C32H31N5O/c1-4-24-13-8-9-17-28(24)33-32(38)36-21-27-23(3)34-37(26-15-6-5-7-16-26)31(27)35-19-11-18-29(35)30(36)25-14-10-12-22(2)20-25/h5-20,30H,4,21H2,1-3H3,(H,33,38)/t30-/m0/s1. The van der Waals surface area contributed by atoms with E-state index in [0.717, 1.165) is 57.3 Å². The molecule has 1 N–H and O–H groups in total. The first kappa shape index (κ1) is 23.8. The Hall–Kier alpha value is -4.58. The number of fused-ring (bicyclic) bond motifs is 3. The first-order valence-corrected chi connectivity index (χ1v) is 13.1. The van der Waals surface area contributed by atoms with Gasteiger partial charge >= 0.3 is 6.03 Å². The minimum atomic E-state index is -0.283. The molecular weight excluding hydrogens is 470 g/mol. The van der Waals surface area contributed by atoms with Crippen molar-refractivity contribution in [2.45, 2.75) is 39.8 Å². The van der Waals surface area contributed by atoms with E-state index in [1.165, 1.54) is 0 Å². The number of benzene rings is 3. The van der Waals surface area contributed by atoms with Crippen LogP contribution in [0.5, 0.6) is 0 Å². The summed E-state index contributed by atoms with van der Waals surface area (Å²) in [5.74, 6) is 0.968. The van der Waals surface area contributed by atoms with Gasteiger partial charge in [0.25, 0.3) is 0 Å². The van der Waals surface area contributed by atoms with Gasteiger partial charge in [0, 0.05) is 17.4 Å². The topological polar surface area (TPSA) is 55.1 Å². The molecule has 38 heavy (non-hydrogen) atoms. The van der Waals surface area contributed by atoms with E-state index in [1.54, 1.807) is 0 Å². The zero-order valence-electron chi connectivity index (χ0n) is 21.9. The molecule has 3 heterocycles. The minimum absolute atomic E-state index is 0.134. The van der Waals surface area contributed by atoms with E-state index in [2.05, 4.69) is 78.5 Å². The van der Waals surface area contributed by atoms with Crippen molar-refractivity contribution < 1.29 is 4.79 Å². The minimum Gasteiger partial charge on any atom is -0.308 e. The number of nitrogens with one attached hydrogen (secondary N) is 1. The molecule has 3 aromatic carbocycles. The van der Waals surface area contributed by atoms with Crippen molar-refractivity contribution in [3.8, 4) is 11.5 Å². The van der Waals surface area contributed by atoms with Crippen molar-refractivity contribution in [1.29, 1.82) is 0 Å². The van der Waals surface area contributed by atoms with E-state index in [-0.39, 0.29) is 12.1 Å². The molecule has 2 amide bonds. The summed E-state index contributed by atoms with van der Waals surface area (Å²) in [5, 5.41) is 8.17. The third-order valence-corrected chi connectivity index (χ3v) is 7.35. The van der Waals surface area contributed by atoms with Gasteiger partial charge in [-0.25, -0.2) is 9.48 Å². The number of rotatable bonds is 4. The Bertz CT molecular complexity index is 1610. The molecule has 6 heteroatoms. The van der Waals surface area contributed by atoms with Crippen molar-refractivity contribution in [1.82, 2.24) is 19.2 Å². The zero-order valence-corrected chi connectivity index (χ0v) is 21.9. The molecule has 0 saturated carbocycles. The van der Waals surface area contributed by atoms with Gasteiger partial charge in [0.15, 0.2) is 0 Å². The Kier molecular flexibility index (Phi) is 6.08. The van der Waals surface area contributed by atoms with Gasteiger partial charge in [-0.3, -0.25) is 0 Å². The number of hydrogen-bond donors (Lipinski definition) is 1. The highest BCUT2D eigenvalue weighted by atomic mass is 16.2. The molecule has 0 fully saturated rings. The van der Waals surface area contributed by atoms with Gasteiger partial charge in [0.2, 0.25) is 0 Å². The molecule has 6 nitrogen and oxygen atoms in total. The third-order valence-electron chi connectivity index (χ3n) is 7.35. The molecule has 0 spiro atoms. The lowest BCUT2D eigenvalue weighted by molar-refractivity contribution is 0.194. The van der Waals surface area contributed by atoms with Crippen LogP contribution >= 0.6 is 0 Å². The summed E-state index contributed by atoms with van der Waals surface area (Å²) in [6.45, 7) is 6.64. The Balaban J connectivity index is 1.54. The van der Waals surface area contributed by atoms with Crippen LogP contribution in [0.1, 0.15) is 46.6 Å². The Morgan fingerprint density at radius 2 is 1.74 bits per heavy atom. The Labute approximate surface area is 223 Å². The number of carbonyl (C=O) groups is 1. The van der Waals surface area contributed by atoms with Crippen molar-refractivity contribution >= 4 is 11.7 Å². The summed E-state index contributed by atoms with van der Waals surface area (Å²) in [6, 6.07) is 30.4. The monoisotopic (exact) mass is 501 g/mol. The van der Waals surface area contributed by atoms with Crippen LogP contribution in [0.25, 0.3) is 11.5 Å². The largest absolute Gasteiger partial charge is 0.322 e. The van der Waals surface area contributed by atoms with Gasteiger partial charge < -0.3 is 14.8 Å². The molecule has 0 bridgehead atoms. The summed E-state index contributed by atoms with van der Waals surface area (Å²) in [4.78, 5) is 16.1. The molecule has 1 aliphatic rings. The molecule has 1 aliphatic heterocycles. The fraction of sp³-hybridized carbons (Fsp3) is 0.188. The summed E-state index contributed by atoms with van der Waals surface area (Å²) in [7, 11) is 0. The van der Waals surface area contributed by atoms with Crippen LogP contribution in [0.2, 0.25) is 0 Å². The fourth-order valence-electron chi connectivity index (χ4n) is 5.48. The van der Waals surface area contributed by atoms with Crippen LogP contribution in [0.15, 0.2) is 97.2 Å². The predicted octanol–water partition coefficient (Wildman–Crippen LogP) is 6.98. The van der Waals surface area contributed by atoms with Gasteiger partial charge in [-0.1, -0.05) is 73.2 Å². The molecule has 2 aromatic heterocycles. The molecule has 0 aliphatic carbocycles. The van der Waals surface area contributed by atoms with Crippen molar-refractivity contribution in [3.63, 3.8) is 0 Å². The number of para-hydroxylation sites is 2. The highest BCUT2D eigenvalue weighted by Crippen LogP contribution is 2.39. The second-order valence-corrected chi connectivity index (χ2v) is 9.82. The SMILES string of the molecule is CCc1ccccc1NC(=O)N1Cc2c(C)nn(-c3ccccc3)c2-n2cccc2[C@@H]1c1cccc(C)c1. The summed E-state index contributed by atoms with van der Waals surface area (Å²) < 4.78 is 4.19. The number of urea groups is 1. The zero-order chi connectivity index (χ0) is 26.2. The maximum Gasteiger partial charge on any atom is 0.322 e. The molecular formula is C32H31N5O. The highest BCUT2D eigenvalue weighted by Gasteiger charge is 2.36. The van der Waals surface area contributed by atoms with Gasteiger partial charge in [0.1, 0.15) is 5.82 Å². The van der Waals surface area contributed by atoms with Crippen LogP contribution in [0.4, 0.5) is 10.5 Å². The van der Waals surface area contributed by atoms with Crippen LogP contribution in [0.3, 0.4) is 0 Å². The number of nitrogens with zero attached hydrogens (tertiary/aromatic N) is 4. The van der Waals surface area contributed by atoms with Crippen LogP contribution in [-0.4, -0.2) is 25.3 Å². The van der Waals surface area contributed by atoms with E-state index in [9.17, 15) is 4.79 Å². The van der Waals surface area contributed by atoms with Crippen molar-refractivity contribution in [2.24, 2.45) is 0 Å². The van der Waals surface area contributed by atoms with E-state index < -0.39 is 0 Å². The molecule has 0 unspecified atom stereocenters. The number of aryl methyl sites for hydroxylation is 3. The van der Waals surface area contributed by atoms with Gasteiger partial charge in [-0.05, 0) is 61.7 Å². The smallest absolute Gasteiger partial charge is 0.308 e. The summed E-state index contributed by atoms with van der Waals surface area (Å²) in [5.41, 5.74) is 8.13. The summed E-state index contributed by atoms with van der Waals surface area (Å²) >= 11 is 0. The quantitative estimate of drug-likeness (QED) is 0.289. The lowest BCUT2D eigenvalue weighted by Crippen LogP contribution is -2.38. The second-order valence-electron chi connectivity index (χ2n) is 9.82. The first-order valence-electron chi connectivity index (χ1n) is 13.1. The Morgan fingerprint density at radius 1 is 0.947 bits per heavy atom. The molecule has 6 rings (SSSR count). The number of amides is 2. The van der Waals surface area contributed by atoms with Gasteiger partial charge in [-0.2, -0.15) is 5.10 Å².